The molecule has 2 aromatic heterocycles. The van der Waals surface area contributed by atoms with Crippen LogP contribution in [0.3, 0.4) is 0 Å². The van der Waals surface area contributed by atoms with E-state index in [1.165, 1.54) is 0 Å². The number of amides is 1. The van der Waals surface area contributed by atoms with E-state index in [9.17, 15) is 13.6 Å². The summed E-state index contributed by atoms with van der Waals surface area (Å²) in [5, 5.41) is 3.00. The van der Waals surface area contributed by atoms with Gasteiger partial charge in [-0.2, -0.15) is 0 Å². The molecule has 2 aromatic rings. The van der Waals surface area contributed by atoms with Crippen molar-refractivity contribution >= 4 is 17.4 Å². The van der Waals surface area contributed by atoms with Gasteiger partial charge in [-0.1, -0.05) is 0 Å². The van der Waals surface area contributed by atoms with Crippen LogP contribution < -0.4 is 10.2 Å². The topological polar surface area (TPSA) is 62.5 Å². The number of piperidine rings is 1. The zero-order valence-electron chi connectivity index (χ0n) is 15.0. The molecule has 2 aliphatic rings. The fourth-order valence-corrected chi connectivity index (χ4v) is 3.48. The number of alkyl halides is 2. The van der Waals surface area contributed by atoms with Crippen molar-refractivity contribution in [2.45, 2.75) is 51.5 Å². The van der Waals surface area contributed by atoms with Crippen molar-refractivity contribution in [1.29, 1.82) is 0 Å². The summed E-state index contributed by atoms with van der Waals surface area (Å²) in [5.74, 6) is -1.67. The fourth-order valence-electron chi connectivity index (χ4n) is 3.48. The summed E-state index contributed by atoms with van der Waals surface area (Å²) < 4.78 is 28.6. The van der Waals surface area contributed by atoms with Crippen molar-refractivity contribution in [1.82, 2.24) is 19.7 Å². The Labute approximate surface area is 150 Å². The van der Waals surface area contributed by atoms with Crippen molar-refractivity contribution in [2.75, 3.05) is 18.0 Å². The smallest absolute Gasteiger partial charge is 0.274 e. The molecule has 140 valence electrons. The van der Waals surface area contributed by atoms with Gasteiger partial charge in [-0.05, 0) is 32.6 Å². The van der Waals surface area contributed by atoms with Gasteiger partial charge in [-0.15, -0.1) is 0 Å². The van der Waals surface area contributed by atoms with Gasteiger partial charge in [-0.3, -0.25) is 9.20 Å². The third kappa shape index (κ3) is 3.24. The molecule has 1 unspecified atom stereocenters. The third-order valence-corrected chi connectivity index (χ3v) is 5.40. The Morgan fingerprint density at radius 3 is 2.69 bits per heavy atom. The van der Waals surface area contributed by atoms with Crippen molar-refractivity contribution in [3.8, 4) is 0 Å². The standard InChI is InChI=1S/C18H23F2N5O/c1-11-9-14(24-7-5-18(19,20)6-8-24)23-16-15(21-10-25(11)16)17(26)22-12(2)13-3-4-13/h9-10,12-13H,3-8H2,1-2H3,(H,22,26). The van der Waals surface area contributed by atoms with E-state index in [0.29, 0.717) is 17.4 Å². The number of anilines is 1. The predicted molar refractivity (Wildman–Crippen MR) is 93.8 cm³/mol. The molecule has 0 radical (unpaired) electrons. The number of hydrogen-bond acceptors (Lipinski definition) is 4. The quantitative estimate of drug-likeness (QED) is 0.907. The largest absolute Gasteiger partial charge is 0.356 e. The van der Waals surface area contributed by atoms with Crippen molar-refractivity contribution in [3.05, 3.63) is 23.8 Å². The average Bonchev–Trinajstić information content (AvgIpc) is 3.34. The number of hydrogen-bond donors (Lipinski definition) is 1. The van der Waals surface area contributed by atoms with Gasteiger partial charge in [0, 0.05) is 43.7 Å². The van der Waals surface area contributed by atoms with Crippen molar-refractivity contribution in [3.63, 3.8) is 0 Å². The number of carbonyl (C=O) groups excluding carboxylic acids is 1. The van der Waals surface area contributed by atoms with Gasteiger partial charge in [0.25, 0.3) is 11.8 Å². The zero-order valence-corrected chi connectivity index (χ0v) is 15.0. The number of fused-ring (bicyclic) bond motifs is 1. The highest BCUT2D eigenvalue weighted by molar-refractivity contribution is 5.98. The second kappa shape index (κ2) is 6.17. The summed E-state index contributed by atoms with van der Waals surface area (Å²) in [6, 6.07) is 1.97. The van der Waals surface area contributed by atoms with E-state index < -0.39 is 5.92 Å². The van der Waals surface area contributed by atoms with Crippen LogP contribution in [0.1, 0.15) is 48.8 Å². The first-order valence-electron chi connectivity index (χ1n) is 9.12. The molecular formula is C18H23F2N5O. The van der Waals surface area contributed by atoms with Crippen LogP contribution in [-0.2, 0) is 0 Å². The molecular weight excluding hydrogens is 340 g/mol. The Kier molecular flexibility index (Phi) is 4.08. The van der Waals surface area contributed by atoms with Crippen LogP contribution in [0, 0.1) is 12.8 Å². The molecule has 4 rings (SSSR count). The van der Waals surface area contributed by atoms with E-state index in [-0.39, 0.29) is 43.6 Å². The number of rotatable bonds is 4. The molecule has 6 nitrogen and oxygen atoms in total. The van der Waals surface area contributed by atoms with E-state index in [1.54, 1.807) is 10.7 Å². The summed E-state index contributed by atoms with van der Waals surface area (Å²) in [7, 11) is 0. The lowest BCUT2D eigenvalue weighted by Crippen LogP contribution is -2.40. The van der Waals surface area contributed by atoms with E-state index in [2.05, 4.69) is 15.3 Å². The minimum Gasteiger partial charge on any atom is -0.356 e. The first-order valence-corrected chi connectivity index (χ1v) is 9.12. The Balaban J connectivity index is 1.61. The van der Waals surface area contributed by atoms with Gasteiger partial charge in [0.05, 0.1) is 0 Å². The summed E-state index contributed by atoms with van der Waals surface area (Å²) in [4.78, 5) is 23.3. The molecule has 1 N–H and O–H groups in total. The van der Waals surface area contributed by atoms with Gasteiger partial charge in [-0.25, -0.2) is 18.7 Å². The van der Waals surface area contributed by atoms with Gasteiger partial charge in [0.1, 0.15) is 12.1 Å². The normalized spacial score (nSPS) is 21.0. The molecule has 8 heteroatoms. The predicted octanol–water partition coefficient (Wildman–Crippen LogP) is 2.80. The lowest BCUT2D eigenvalue weighted by Gasteiger charge is -2.32. The first kappa shape index (κ1) is 17.2. The Morgan fingerprint density at radius 2 is 2.04 bits per heavy atom. The van der Waals surface area contributed by atoms with E-state index in [0.717, 1.165) is 18.5 Å². The average molecular weight is 363 g/mol. The van der Waals surface area contributed by atoms with E-state index in [1.807, 2.05) is 24.8 Å². The first-order chi connectivity index (χ1) is 12.3. The lowest BCUT2D eigenvalue weighted by molar-refractivity contribution is -0.0221. The number of aromatic nitrogens is 3. The molecule has 0 aromatic carbocycles. The molecule has 1 atom stereocenters. The molecule has 1 saturated carbocycles. The molecule has 2 fully saturated rings. The lowest BCUT2D eigenvalue weighted by atomic mass is 10.1. The van der Waals surface area contributed by atoms with Crippen molar-refractivity contribution in [2.24, 2.45) is 5.92 Å². The minimum absolute atomic E-state index is 0.118. The number of halogens is 2. The SMILES string of the molecule is Cc1cc(N2CCC(F)(F)CC2)nc2c(C(=O)NC(C)C3CC3)ncn12. The second-order valence-corrected chi connectivity index (χ2v) is 7.49. The van der Waals surface area contributed by atoms with Gasteiger partial charge in [0.2, 0.25) is 0 Å². The molecule has 0 bridgehead atoms. The Hall–Kier alpha value is -2.25. The van der Waals surface area contributed by atoms with Crippen LogP contribution in [0.4, 0.5) is 14.6 Å². The monoisotopic (exact) mass is 363 g/mol. The molecule has 1 aliphatic carbocycles. The summed E-state index contributed by atoms with van der Waals surface area (Å²) in [5.41, 5.74) is 1.62. The number of imidazole rings is 1. The van der Waals surface area contributed by atoms with E-state index >= 15 is 0 Å². The van der Waals surface area contributed by atoms with Crippen LogP contribution >= 0.6 is 0 Å². The molecule has 3 heterocycles. The summed E-state index contributed by atoms with van der Waals surface area (Å²) in [6.07, 6.45) is 3.52. The highest BCUT2D eigenvalue weighted by Crippen LogP contribution is 2.33. The molecule has 1 aliphatic heterocycles. The van der Waals surface area contributed by atoms with Gasteiger partial charge in [0.15, 0.2) is 11.3 Å². The third-order valence-electron chi connectivity index (χ3n) is 5.40. The molecule has 0 spiro atoms. The van der Waals surface area contributed by atoms with Crippen LogP contribution in [0.2, 0.25) is 0 Å². The minimum atomic E-state index is -2.60. The number of nitrogens with zero attached hydrogens (tertiary/aromatic N) is 4. The highest BCUT2D eigenvalue weighted by atomic mass is 19.3. The van der Waals surface area contributed by atoms with E-state index in [4.69, 9.17) is 0 Å². The van der Waals surface area contributed by atoms with Crippen LogP contribution in [0.25, 0.3) is 5.65 Å². The van der Waals surface area contributed by atoms with Crippen LogP contribution in [-0.4, -0.2) is 45.3 Å². The maximum Gasteiger partial charge on any atom is 0.274 e. The zero-order chi connectivity index (χ0) is 18.5. The summed E-state index contributed by atoms with van der Waals surface area (Å²) >= 11 is 0. The maximum atomic E-state index is 13.4. The molecule has 1 amide bonds. The van der Waals surface area contributed by atoms with Crippen molar-refractivity contribution < 1.29 is 13.6 Å². The fraction of sp³-hybridized carbons (Fsp3) is 0.611. The Bertz CT molecular complexity index is 835. The van der Waals surface area contributed by atoms with Gasteiger partial charge >= 0.3 is 0 Å². The maximum absolute atomic E-state index is 13.4. The number of nitrogens with one attached hydrogen (secondary N) is 1. The van der Waals surface area contributed by atoms with Gasteiger partial charge < -0.3 is 10.2 Å². The second-order valence-electron chi connectivity index (χ2n) is 7.49. The summed E-state index contributed by atoms with van der Waals surface area (Å²) in [6.45, 7) is 4.41. The van der Waals surface area contributed by atoms with Crippen LogP contribution in [0.15, 0.2) is 12.4 Å². The highest BCUT2D eigenvalue weighted by Gasteiger charge is 2.35. The van der Waals surface area contributed by atoms with Crippen LogP contribution in [0.5, 0.6) is 0 Å². The molecule has 1 saturated heterocycles. The Morgan fingerprint density at radius 1 is 1.35 bits per heavy atom. The molecule has 26 heavy (non-hydrogen) atoms. The number of aryl methyl sites for hydroxylation is 1. The number of carbonyl (C=O) groups is 1.